The highest BCUT2D eigenvalue weighted by atomic mass is 35.5. The summed E-state index contributed by atoms with van der Waals surface area (Å²) in [5.74, 6) is 1.23. The lowest BCUT2D eigenvalue weighted by Crippen LogP contribution is -2.40. The van der Waals surface area contributed by atoms with Gasteiger partial charge < -0.3 is 10.2 Å². The van der Waals surface area contributed by atoms with Gasteiger partial charge in [0.15, 0.2) is 11.6 Å². The van der Waals surface area contributed by atoms with Crippen LogP contribution in [0.1, 0.15) is 37.3 Å². The van der Waals surface area contributed by atoms with Crippen molar-refractivity contribution in [2.45, 2.75) is 39.0 Å². The smallest absolute Gasteiger partial charge is 0.267 e. The third kappa shape index (κ3) is 7.27. The number of benzene rings is 2. The van der Waals surface area contributed by atoms with Gasteiger partial charge in [0.2, 0.25) is 0 Å². The summed E-state index contributed by atoms with van der Waals surface area (Å²) in [4.78, 5) is 23.9. The zero-order chi connectivity index (χ0) is 25.6. The lowest BCUT2D eigenvalue weighted by atomic mass is 10.1. The number of rotatable bonds is 7. The minimum absolute atomic E-state index is 0. The van der Waals surface area contributed by atoms with Gasteiger partial charge in [0, 0.05) is 30.3 Å². The molecule has 10 heteroatoms. The van der Waals surface area contributed by atoms with Gasteiger partial charge in [-0.3, -0.25) is 9.69 Å². The summed E-state index contributed by atoms with van der Waals surface area (Å²) in [6, 6.07) is 20.2. The van der Waals surface area contributed by atoms with Crippen molar-refractivity contribution in [3.05, 3.63) is 94.5 Å². The van der Waals surface area contributed by atoms with Gasteiger partial charge in [-0.25, -0.2) is 14.6 Å². The zero-order valence-corrected chi connectivity index (χ0v) is 22.5. The van der Waals surface area contributed by atoms with Gasteiger partial charge >= 0.3 is 0 Å². The van der Waals surface area contributed by atoms with Crippen LogP contribution >= 0.6 is 12.4 Å². The summed E-state index contributed by atoms with van der Waals surface area (Å²) in [5, 5.41) is 13.7. The molecule has 39 heavy (non-hydrogen) atoms. The van der Waals surface area contributed by atoms with Crippen molar-refractivity contribution in [3.63, 3.8) is 0 Å². The van der Waals surface area contributed by atoms with E-state index in [2.05, 4.69) is 33.0 Å². The number of hydrogen-bond acceptors (Lipinski definition) is 7. The zero-order valence-electron chi connectivity index (χ0n) is 21.7. The molecular weight excluding hydrogens is 516 g/mol. The first-order valence-corrected chi connectivity index (χ1v) is 12.5. The Labute approximate surface area is 233 Å². The molecule has 0 spiro atoms. The SMILES string of the molecule is CC(Oc1cnc(-c2cccc(Cn3nc(-c4cccc(C#N)c4)ccc3=O)c2)nc1)N1CCCCC1.Cl.O. The largest absolute Gasteiger partial charge is 0.472 e. The Morgan fingerprint density at radius 3 is 2.44 bits per heavy atom. The van der Waals surface area contributed by atoms with Crippen molar-refractivity contribution >= 4 is 12.4 Å². The minimum atomic E-state index is -0.203. The van der Waals surface area contributed by atoms with Crippen LogP contribution < -0.4 is 10.3 Å². The standard InChI is InChI=1S/C29H28N6O2.ClH.H2O/c1-21(34-13-3-2-4-14-34)37-26-18-31-29(32-19-26)25-10-6-8-23(16-25)20-35-28(36)12-11-27(33-35)24-9-5-7-22(15-24)17-30;;/h5-12,15-16,18-19,21H,2-4,13-14,20H2,1H3;1H;1H2. The van der Waals surface area contributed by atoms with Crippen LogP contribution in [0.5, 0.6) is 5.75 Å². The van der Waals surface area contributed by atoms with E-state index in [0.717, 1.165) is 29.8 Å². The normalized spacial score (nSPS) is 13.8. The Morgan fingerprint density at radius 1 is 0.974 bits per heavy atom. The fourth-order valence-electron chi connectivity index (χ4n) is 4.53. The number of likely N-dealkylation sites (tertiary alicyclic amines) is 1. The lowest BCUT2D eigenvalue weighted by molar-refractivity contribution is 0.0257. The van der Waals surface area contributed by atoms with E-state index in [-0.39, 0.29) is 29.7 Å². The van der Waals surface area contributed by atoms with E-state index in [1.54, 1.807) is 36.7 Å². The highest BCUT2D eigenvalue weighted by Crippen LogP contribution is 2.21. The number of piperidine rings is 1. The molecule has 2 N–H and O–H groups in total. The van der Waals surface area contributed by atoms with Gasteiger partial charge in [-0.05, 0) is 49.6 Å². The maximum Gasteiger partial charge on any atom is 0.267 e. The maximum absolute atomic E-state index is 12.5. The second kappa shape index (κ2) is 13.6. The molecule has 1 aliphatic rings. The van der Waals surface area contributed by atoms with Crippen LogP contribution in [-0.4, -0.2) is 49.4 Å². The molecule has 0 radical (unpaired) electrons. The predicted octanol–water partition coefficient (Wildman–Crippen LogP) is 4.10. The van der Waals surface area contributed by atoms with Crippen LogP contribution in [0, 0.1) is 11.3 Å². The molecule has 1 unspecified atom stereocenters. The van der Waals surface area contributed by atoms with Crippen molar-refractivity contribution < 1.29 is 10.2 Å². The maximum atomic E-state index is 12.5. The van der Waals surface area contributed by atoms with E-state index < -0.39 is 0 Å². The van der Waals surface area contributed by atoms with E-state index in [0.29, 0.717) is 29.4 Å². The molecule has 2 aromatic heterocycles. The Morgan fingerprint density at radius 2 is 1.69 bits per heavy atom. The average Bonchev–Trinajstić information content (AvgIpc) is 2.95. The first-order chi connectivity index (χ1) is 18.1. The molecule has 1 atom stereocenters. The first kappa shape index (κ1) is 29.5. The predicted molar refractivity (Wildman–Crippen MR) is 152 cm³/mol. The van der Waals surface area contributed by atoms with Gasteiger partial charge in [-0.1, -0.05) is 36.8 Å². The van der Waals surface area contributed by atoms with Gasteiger partial charge in [-0.15, -0.1) is 12.4 Å². The number of ether oxygens (including phenoxy) is 1. The summed E-state index contributed by atoms with van der Waals surface area (Å²) < 4.78 is 7.48. The van der Waals surface area contributed by atoms with E-state index in [1.807, 2.05) is 30.3 Å². The topological polar surface area (TPSA) is 128 Å². The second-order valence-corrected chi connectivity index (χ2v) is 9.16. The van der Waals surface area contributed by atoms with Gasteiger partial charge in [0.25, 0.3) is 5.56 Å². The number of aromatic nitrogens is 4. The molecule has 1 fully saturated rings. The highest BCUT2D eigenvalue weighted by molar-refractivity contribution is 5.85. The molecule has 1 aliphatic heterocycles. The number of nitriles is 1. The van der Waals surface area contributed by atoms with Crippen molar-refractivity contribution in [2.24, 2.45) is 0 Å². The van der Waals surface area contributed by atoms with E-state index in [9.17, 15) is 10.1 Å². The van der Waals surface area contributed by atoms with Crippen LogP contribution in [0.4, 0.5) is 0 Å². The van der Waals surface area contributed by atoms with Crippen LogP contribution in [0.15, 0.2) is 77.9 Å². The molecule has 1 saturated heterocycles. The van der Waals surface area contributed by atoms with Crippen LogP contribution in [0.2, 0.25) is 0 Å². The summed E-state index contributed by atoms with van der Waals surface area (Å²) in [6.07, 6.45) is 7.11. The average molecular weight is 547 g/mol. The first-order valence-electron chi connectivity index (χ1n) is 12.5. The van der Waals surface area contributed by atoms with Crippen LogP contribution in [0.3, 0.4) is 0 Å². The molecular formula is C29H31ClN6O3. The quantitative estimate of drug-likeness (QED) is 0.341. The van der Waals surface area contributed by atoms with Crippen LogP contribution in [0.25, 0.3) is 22.6 Å². The van der Waals surface area contributed by atoms with Gasteiger partial charge in [-0.2, -0.15) is 10.4 Å². The Kier molecular flexibility index (Phi) is 10.3. The fraction of sp³-hybridized carbons (Fsp3) is 0.276. The molecule has 0 bridgehead atoms. The molecule has 4 aromatic rings. The van der Waals surface area contributed by atoms with E-state index in [1.165, 1.54) is 30.0 Å². The third-order valence-electron chi connectivity index (χ3n) is 6.51. The molecule has 5 rings (SSSR count). The molecule has 9 nitrogen and oxygen atoms in total. The molecule has 2 aromatic carbocycles. The monoisotopic (exact) mass is 546 g/mol. The fourth-order valence-corrected chi connectivity index (χ4v) is 4.53. The van der Waals surface area contributed by atoms with Crippen molar-refractivity contribution in [3.8, 4) is 34.5 Å². The third-order valence-corrected chi connectivity index (χ3v) is 6.51. The summed E-state index contributed by atoms with van der Waals surface area (Å²) >= 11 is 0. The molecule has 0 saturated carbocycles. The number of nitrogens with zero attached hydrogens (tertiary/aromatic N) is 6. The Balaban J connectivity index is 0.00000210. The van der Waals surface area contributed by atoms with Crippen molar-refractivity contribution in [1.82, 2.24) is 24.6 Å². The van der Waals surface area contributed by atoms with E-state index in [4.69, 9.17) is 4.74 Å². The van der Waals surface area contributed by atoms with E-state index >= 15 is 0 Å². The van der Waals surface area contributed by atoms with Gasteiger partial charge in [0.05, 0.1) is 36.3 Å². The molecule has 3 heterocycles. The van der Waals surface area contributed by atoms with Crippen LogP contribution in [-0.2, 0) is 6.54 Å². The van der Waals surface area contributed by atoms with Gasteiger partial charge in [0.1, 0.15) is 6.23 Å². The van der Waals surface area contributed by atoms with Crippen molar-refractivity contribution in [2.75, 3.05) is 13.1 Å². The number of hydrogen-bond donors (Lipinski definition) is 0. The Hall–Kier alpha value is -4.10. The molecule has 0 aliphatic carbocycles. The highest BCUT2D eigenvalue weighted by Gasteiger charge is 2.18. The minimum Gasteiger partial charge on any atom is -0.472 e. The lowest BCUT2D eigenvalue weighted by Gasteiger charge is -2.32. The number of halogens is 1. The van der Waals surface area contributed by atoms with Crippen molar-refractivity contribution in [1.29, 1.82) is 5.26 Å². The Bertz CT molecular complexity index is 1480. The summed E-state index contributed by atoms with van der Waals surface area (Å²) in [6.45, 7) is 4.47. The summed E-state index contributed by atoms with van der Waals surface area (Å²) in [5.41, 5.74) is 3.50. The molecule has 0 amide bonds. The summed E-state index contributed by atoms with van der Waals surface area (Å²) in [7, 11) is 0. The molecule has 202 valence electrons. The second-order valence-electron chi connectivity index (χ2n) is 9.16.